The molecule has 208 valence electrons. The third kappa shape index (κ3) is 6.58. The number of carbonyl (C=O) groups is 1. The third-order valence-corrected chi connectivity index (χ3v) is 9.35. The maximum absolute atomic E-state index is 13.7. The van der Waals surface area contributed by atoms with Gasteiger partial charge in [-0.05, 0) is 64.2 Å². The Balaban J connectivity index is 0.00000400. The number of aromatic nitrogens is 1. The molecule has 9 nitrogen and oxygen atoms in total. The molecule has 4 rings (SSSR count). The average molecular weight is 583 g/mol. The van der Waals surface area contributed by atoms with Gasteiger partial charge in [-0.3, -0.25) is 9.69 Å². The lowest BCUT2D eigenvalue weighted by atomic mass is 10.2. The monoisotopic (exact) mass is 582 g/mol. The van der Waals surface area contributed by atoms with Gasteiger partial charge in [-0.15, -0.1) is 12.4 Å². The van der Waals surface area contributed by atoms with E-state index >= 15 is 0 Å². The van der Waals surface area contributed by atoms with E-state index in [0.29, 0.717) is 47.3 Å². The lowest BCUT2D eigenvalue weighted by Gasteiger charge is -2.26. The number of piperidine rings is 1. The fraction of sp³-hybridized carbons (Fsp3) is 0.462. The number of anilines is 1. The van der Waals surface area contributed by atoms with E-state index in [0.717, 1.165) is 36.9 Å². The zero-order valence-corrected chi connectivity index (χ0v) is 24.6. The van der Waals surface area contributed by atoms with Crippen molar-refractivity contribution in [3.8, 4) is 11.5 Å². The van der Waals surface area contributed by atoms with Gasteiger partial charge in [-0.1, -0.05) is 17.8 Å². The fourth-order valence-electron chi connectivity index (χ4n) is 4.37. The van der Waals surface area contributed by atoms with Crippen molar-refractivity contribution in [3.05, 3.63) is 42.0 Å². The molecule has 0 unspecified atom stereocenters. The van der Waals surface area contributed by atoms with Gasteiger partial charge >= 0.3 is 0 Å². The van der Waals surface area contributed by atoms with E-state index in [4.69, 9.17) is 14.5 Å². The largest absolute Gasteiger partial charge is 0.493 e. The van der Waals surface area contributed by atoms with E-state index in [1.165, 1.54) is 27.8 Å². The number of fused-ring (bicyclic) bond motifs is 1. The number of carbonyl (C=O) groups excluding carboxylic acids is 1. The number of sulfonamides is 1. The standard InChI is InChI=1S/C26H34N4O5S2.ClH/c1-28(2)13-8-16-30(26-27-21-17-22(34-3)23(35-4)18-24(21)36-26)25(31)19-9-11-20(12-10-19)37(32,33)29-14-6-5-7-15-29;/h9-12,17-18H,5-8,13-16H2,1-4H3;1H. The van der Waals surface area contributed by atoms with Crippen LogP contribution < -0.4 is 14.4 Å². The summed E-state index contributed by atoms with van der Waals surface area (Å²) in [5.74, 6) is 0.947. The number of methoxy groups -OCH3 is 2. The van der Waals surface area contributed by atoms with Crippen molar-refractivity contribution in [3.63, 3.8) is 0 Å². The molecule has 2 heterocycles. The Kier molecular flexibility index (Phi) is 10.4. The smallest absolute Gasteiger partial charge is 0.260 e. The second-order valence-electron chi connectivity index (χ2n) is 9.27. The normalized spacial score (nSPS) is 14.3. The maximum atomic E-state index is 13.7. The molecule has 1 aromatic heterocycles. The van der Waals surface area contributed by atoms with Crippen LogP contribution in [0.25, 0.3) is 10.2 Å². The molecule has 2 aromatic carbocycles. The Bertz CT molecular complexity index is 1300. The molecule has 1 fully saturated rings. The van der Waals surface area contributed by atoms with E-state index in [1.54, 1.807) is 37.3 Å². The summed E-state index contributed by atoms with van der Waals surface area (Å²) in [5.41, 5.74) is 1.13. The predicted octanol–water partition coefficient (Wildman–Crippen LogP) is 4.51. The van der Waals surface area contributed by atoms with Crippen LogP contribution in [0.5, 0.6) is 11.5 Å². The average Bonchev–Trinajstić information content (AvgIpc) is 3.32. The van der Waals surface area contributed by atoms with Crippen molar-refractivity contribution in [2.45, 2.75) is 30.6 Å². The quantitative estimate of drug-likeness (QED) is 0.347. The van der Waals surface area contributed by atoms with Gasteiger partial charge in [0, 0.05) is 37.3 Å². The molecule has 0 radical (unpaired) electrons. The van der Waals surface area contributed by atoms with Crippen LogP contribution in [0.3, 0.4) is 0 Å². The topological polar surface area (TPSA) is 92.3 Å². The number of thiazole rings is 1. The highest BCUT2D eigenvalue weighted by Crippen LogP contribution is 2.37. The maximum Gasteiger partial charge on any atom is 0.260 e. The van der Waals surface area contributed by atoms with Crippen molar-refractivity contribution in [2.24, 2.45) is 0 Å². The SMILES string of the molecule is COc1cc2nc(N(CCCN(C)C)C(=O)c3ccc(S(=O)(=O)N4CCCCC4)cc3)sc2cc1OC.Cl. The summed E-state index contributed by atoms with van der Waals surface area (Å²) >= 11 is 1.40. The number of ether oxygens (including phenoxy) is 2. The van der Waals surface area contributed by atoms with E-state index in [9.17, 15) is 13.2 Å². The van der Waals surface area contributed by atoms with Crippen LogP contribution in [0, 0.1) is 0 Å². The van der Waals surface area contributed by atoms with Crippen LogP contribution in [0.15, 0.2) is 41.3 Å². The lowest BCUT2D eigenvalue weighted by molar-refractivity contribution is 0.0986. The Morgan fingerprint density at radius 1 is 1.00 bits per heavy atom. The first-order valence-electron chi connectivity index (χ1n) is 12.3. The van der Waals surface area contributed by atoms with Crippen molar-refractivity contribution in [1.82, 2.24) is 14.2 Å². The van der Waals surface area contributed by atoms with Gasteiger partial charge in [0.2, 0.25) is 10.0 Å². The highest BCUT2D eigenvalue weighted by atomic mass is 35.5. The molecule has 0 saturated carbocycles. The summed E-state index contributed by atoms with van der Waals surface area (Å²) < 4.78 is 39.3. The minimum Gasteiger partial charge on any atom is -0.493 e. The van der Waals surface area contributed by atoms with E-state index in [1.807, 2.05) is 20.2 Å². The van der Waals surface area contributed by atoms with Gasteiger partial charge in [-0.25, -0.2) is 13.4 Å². The summed E-state index contributed by atoms with van der Waals surface area (Å²) in [5, 5.41) is 0.569. The first-order chi connectivity index (χ1) is 17.7. The minimum atomic E-state index is -3.56. The second-order valence-corrected chi connectivity index (χ2v) is 12.2. The Labute approximate surface area is 234 Å². The first-order valence-corrected chi connectivity index (χ1v) is 14.6. The summed E-state index contributed by atoms with van der Waals surface area (Å²) in [7, 11) is 3.57. The number of hydrogen-bond donors (Lipinski definition) is 0. The molecular weight excluding hydrogens is 548 g/mol. The number of nitrogens with zero attached hydrogens (tertiary/aromatic N) is 4. The molecule has 0 N–H and O–H groups in total. The molecule has 1 aliphatic rings. The van der Waals surface area contributed by atoms with Gasteiger partial charge < -0.3 is 14.4 Å². The molecule has 3 aromatic rings. The van der Waals surface area contributed by atoms with E-state index in [2.05, 4.69) is 4.90 Å². The van der Waals surface area contributed by atoms with Crippen molar-refractivity contribution in [2.75, 3.05) is 59.4 Å². The van der Waals surface area contributed by atoms with Crippen LogP contribution in [-0.4, -0.2) is 83.0 Å². The Morgan fingerprint density at radius 3 is 2.24 bits per heavy atom. The number of hydrogen-bond acceptors (Lipinski definition) is 8. The van der Waals surface area contributed by atoms with E-state index in [-0.39, 0.29) is 23.2 Å². The van der Waals surface area contributed by atoms with Crippen LogP contribution in [0.1, 0.15) is 36.0 Å². The lowest BCUT2D eigenvalue weighted by Crippen LogP contribution is -2.35. The fourth-order valence-corrected chi connectivity index (χ4v) is 6.88. The van der Waals surface area contributed by atoms with Crippen LogP contribution >= 0.6 is 23.7 Å². The summed E-state index contributed by atoms with van der Waals surface area (Å²) in [6.45, 7) is 2.36. The zero-order valence-electron chi connectivity index (χ0n) is 22.2. The Hall–Kier alpha value is -2.44. The zero-order chi connectivity index (χ0) is 26.6. The van der Waals surface area contributed by atoms with Gasteiger partial charge in [-0.2, -0.15) is 4.31 Å². The van der Waals surface area contributed by atoms with Crippen molar-refractivity contribution in [1.29, 1.82) is 0 Å². The van der Waals surface area contributed by atoms with E-state index < -0.39 is 10.0 Å². The number of rotatable bonds is 10. The second kappa shape index (κ2) is 13.1. The highest BCUT2D eigenvalue weighted by molar-refractivity contribution is 7.89. The van der Waals surface area contributed by atoms with Crippen LogP contribution in [0.2, 0.25) is 0 Å². The molecule has 1 amide bonds. The third-order valence-electron chi connectivity index (χ3n) is 6.40. The minimum absolute atomic E-state index is 0. The van der Waals surface area contributed by atoms with Crippen molar-refractivity contribution >= 4 is 55.0 Å². The van der Waals surface area contributed by atoms with Gasteiger partial charge in [0.15, 0.2) is 16.6 Å². The molecule has 1 aliphatic heterocycles. The van der Waals surface area contributed by atoms with Gasteiger partial charge in [0.25, 0.3) is 5.91 Å². The predicted molar refractivity (Wildman–Crippen MR) is 154 cm³/mol. The van der Waals surface area contributed by atoms with Gasteiger partial charge in [0.05, 0.1) is 29.3 Å². The van der Waals surface area contributed by atoms with Crippen LogP contribution in [-0.2, 0) is 10.0 Å². The van der Waals surface area contributed by atoms with Crippen LogP contribution in [0.4, 0.5) is 5.13 Å². The summed E-state index contributed by atoms with van der Waals surface area (Å²) in [6, 6.07) is 9.91. The Morgan fingerprint density at radius 2 is 1.63 bits per heavy atom. The number of amides is 1. The molecule has 0 spiro atoms. The summed E-state index contributed by atoms with van der Waals surface area (Å²) in [6.07, 6.45) is 3.55. The van der Waals surface area contributed by atoms with Crippen molar-refractivity contribution < 1.29 is 22.7 Å². The molecular formula is C26H35ClN4O5S2. The molecule has 1 saturated heterocycles. The molecule has 12 heteroatoms. The molecule has 38 heavy (non-hydrogen) atoms. The summed E-state index contributed by atoms with van der Waals surface area (Å²) in [4.78, 5) is 22.4. The number of benzene rings is 2. The van der Waals surface area contributed by atoms with Gasteiger partial charge in [0.1, 0.15) is 0 Å². The first kappa shape index (κ1) is 30.1. The number of halogens is 1. The molecule has 0 atom stereocenters. The molecule has 0 bridgehead atoms. The molecule has 0 aliphatic carbocycles. The highest BCUT2D eigenvalue weighted by Gasteiger charge is 2.27.